The molecule has 1 heterocycles. The highest BCUT2D eigenvalue weighted by Gasteiger charge is 1.99. The number of halogens is 1. The average Bonchev–Trinajstić information content (AvgIpc) is 2.76. The third kappa shape index (κ3) is 3.80. The Bertz CT molecular complexity index is 490. The van der Waals surface area contributed by atoms with Crippen molar-refractivity contribution in [2.75, 3.05) is 6.54 Å². The van der Waals surface area contributed by atoms with E-state index in [-0.39, 0.29) is 0 Å². The molecule has 0 aliphatic heterocycles. The van der Waals surface area contributed by atoms with E-state index < -0.39 is 0 Å². The van der Waals surface area contributed by atoms with Crippen LogP contribution >= 0.6 is 27.3 Å². The highest BCUT2D eigenvalue weighted by Crippen LogP contribution is 2.21. The van der Waals surface area contributed by atoms with Gasteiger partial charge in [0.2, 0.25) is 0 Å². The molecule has 1 aromatic heterocycles. The molecule has 0 unspecified atom stereocenters. The Morgan fingerprint density at radius 2 is 1.94 bits per heavy atom. The van der Waals surface area contributed by atoms with E-state index in [0.29, 0.717) is 0 Å². The summed E-state index contributed by atoms with van der Waals surface area (Å²) in [6, 6.07) is 14.5. The van der Waals surface area contributed by atoms with E-state index in [2.05, 4.69) is 52.1 Å². The van der Waals surface area contributed by atoms with Crippen LogP contribution in [0.15, 0.2) is 52.8 Å². The third-order valence-corrected chi connectivity index (χ3v) is 4.07. The molecule has 1 N–H and O–H groups in total. The van der Waals surface area contributed by atoms with Crippen LogP contribution < -0.4 is 5.32 Å². The van der Waals surface area contributed by atoms with Crippen LogP contribution in [0, 0.1) is 0 Å². The topological polar surface area (TPSA) is 12.0 Å². The Kier molecular flexibility index (Phi) is 4.54. The maximum atomic E-state index is 4.09. The van der Waals surface area contributed by atoms with Gasteiger partial charge < -0.3 is 5.32 Å². The van der Waals surface area contributed by atoms with E-state index >= 15 is 0 Å². The molecule has 0 saturated heterocycles. The second-order valence-corrected chi connectivity index (χ2v) is 6.33. The largest absolute Gasteiger partial charge is 0.308 e. The van der Waals surface area contributed by atoms with Gasteiger partial charge in [-0.25, -0.2) is 0 Å². The average molecular weight is 308 g/mol. The molecule has 0 amide bonds. The van der Waals surface area contributed by atoms with Crippen molar-refractivity contribution < 1.29 is 0 Å². The van der Waals surface area contributed by atoms with Gasteiger partial charge >= 0.3 is 0 Å². The number of thiophene rings is 1. The Morgan fingerprint density at radius 1 is 1.18 bits per heavy atom. The van der Waals surface area contributed by atoms with Gasteiger partial charge in [-0.05, 0) is 39.2 Å². The zero-order valence-electron chi connectivity index (χ0n) is 9.45. The summed E-state index contributed by atoms with van der Waals surface area (Å²) in [5.41, 5.74) is 2.33. The van der Waals surface area contributed by atoms with Gasteiger partial charge in [0.1, 0.15) is 0 Å². The summed E-state index contributed by atoms with van der Waals surface area (Å²) < 4.78 is 1.18. The highest BCUT2D eigenvalue weighted by molar-refractivity contribution is 9.11. The molecule has 1 nitrogen and oxygen atoms in total. The van der Waals surface area contributed by atoms with Crippen molar-refractivity contribution >= 4 is 32.8 Å². The van der Waals surface area contributed by atoms with E-state index in [4.69, 9.17) is 0 Å². The first-order chi connectivity index (χ1) is 8.25. The van der Waals surface area contributed by atoms with Gasteiger partial charge in [0, 0.05) is 18.0 Å². The molecule has 0 atom stereocenters. The molecule has 17 heavy (non-hydrogen) atoms. The maximum absolute atomic E-state index is 4.09. The summed E-state index contributed by atoms with van der Waals surface area (Å²) in [5.74, 6) is 0. The lowest BCUT2D eigenvalue weighted by Crippen LogP contribution is -2.14. The minimum absolute atomic E-state index is 0.819. The minimum atomic E-state index is 0.819. The molecule has 0 fully saturated rings. The SMILES string of the molecule is C=C(CNCc1ccc(Br)s1)c1ccccc1. The van der Waals surface area contributed by atoms with Crippen LogP contribution in [0.4, 0.5) is 0 Å². The second-order valence-electron chi connectivity index (χ2n) is 3.78. The van der Waals surface area contributed by atoms with Gasteiger partial charge in [-0.15, -0.1) is 11.3 Å². The lowest BCUT2D eigenvalue weighted by molar-refractivity contribution is 0.779. The van der Waals surface area contributed by atoms with Crippen LogP contribution in [0.3, 0.4) is 0 Å². The van der Waals surface area contributed by atoms with Gasteiger partial charge in [0.15, 0.2) is 0 Å². The molecule has 2 aromatic rings. The molecular formula is C14H14BrNS. The molecule has 1 aromatic carbocycles. The smallest absolute Gasteiger partial charge is 0.0701 e. The summed E-state index contributed by atoms with van der Waals surface area (Å²) in [5, 5.41) is 3.40. The highest BCUT2D eigenvalue weighted by atomic mass is 79.9. The van der Waals surface area contributed by atoms with Crippen LogP contribution in [0.25, 0.3) is 5.57 Å². The number of rotatable bonds is 5. The van der Waals surface area contributed by atoms with Crippen molar-refractivity contribution in [3.63, 3.8) is 0 Å². The summed E-state index contributed by atoms with van der Waals surface area (Å²) in [6.07, 6.45) is 0. The second kappa shape index (κ2) is 6.15. The fraction of sp³-hybridized carbons (Fsp3) is 0.143. The first-order valence-electron chi connectivity index (χ1n) is 5.44. The maximum Gasteiger partial charge on any atom is 0.0701 e. The molecule has 0 radical (unpaired) electrons. The Labute approximate surface area is 114 Å². The minimum Gasteiger partial charge on any atom is -0.308 e. The first kappa shape index (κ1) is 12.6. The molecule has 0 aliphatic rings. The van der Waals surface area contributed by atoms with E-state index in [1.54, 1.807) is 11.3 Å². The molecule has 0 bridgehead atoms. The molecule has 2 rings (SSSR count). The summed E-state index contributed by atoms with van der Waals surface area (Å²) in [6.45, 7) is 5.80. The molecule has 3 heteroatoms. The van der Waals surface area contributed by atoms with E-state index in [1.165, 1.54) is 14.2 Å². The van der Waals surface area contributed by atoms with E-state index in [1.807, 2.05) is 18.2 Å². The van der Waals surface area contributed by atoms with Gasteiger partial charge in [-0.3, -0.25) is 0 Å². The predicted octanol–water partition coefficient (Wildman–Crippen LogP) is 4.31. The Balaban J connectivity index is 1.81. The van der Waals surface area contributed by atoms with E-state index in [9.17, 15) is 0 Å². The molecule has 0 saturated carbocycles. The van der Waals surface area contributed by atoms with Gasteiger partial charge in [0.05, 0.1) is 3.79 Å². The van der Waals surface area contributed by atoms with E-state index in [0.717, 1.165) is 18.7 Å². The van der Waals surface area contributed by atoms with Crippen LogP contribution in [-0.4, -0.2) is 6.54 Å². The standard InChI is InChI=1S/C14H14BrNS/c1-11(12-5-3-2-4-6-12)9-16-10-13-7-8-14(15)17-13/h2-8,16H,1,9-10H2. The zero-order valence-corrected chi connectivity index (χ0v) is 11.9. The summed E-state index contributed by atoms with van der Waals surface area (Å²) in [7, 11) is 0. The number of nitrogens with one attached hydrogen (secondary N) is 1. The number of hydrogen-bond acceptors (Lipinski definition) is 2. The fourth-order valence-corrected chi connectivity index (χ4v) is 3.01. The molecule has 0 aliphatic carbocycles. The van der Waals surface area contributed by atoms with Crippen LogP contribution in [-0.2, 0) is 6.54 Å². The quantitative estimate of drug-likeness (QED) is 0.867. The number of benzene rings is 1. The lowest BCUT2D eigenvalue weighted by atomic mass is 10.1. The Hall–Kier alpha value is -0.900. The predicted molar refractivity (Wildman–Crippen MR) is 79.2 cm³/mol. The first-order valence-corrected chi connectivity index (χ1v) is 7.05. The molecular weight excluding hydrogens is 294 g/mol. The monoisotopic (exact) mass is 307 g/mol. The van der Waals surface area contributed by atoms with Crippen LogP contribution in [0.5, 0.6) is 0 Å². The number of hydrogen-bond donors (Lipinski definition) is 1. The van der Waals surface area contributed by atoms with Crippen molar-refractivity contribution in [2.45, 2.75) is 6.54 Å². The van der Waals surface area contributed by atoms with Gasteiger partial charge in [-0.2, -0.15) is 0 Å². The molecule has 88 valence electrons. The normalized spacial score (nSPS) is 10.4. The molecule has 0 spiro atoms. The van der Waals surface area contributed by atoms with Crippen LogP contribution in [0.1, 0.15) is 10.4 Å². The Morgan fingerprint density at radius 3 is 2.59 bits per heavy atom. The van der Waals surface area contributed by atoms with Gasteiger partial charge in [-0.1, -0.05) is 36.9 Å². The summed E-state index contributed by atoms with van der Waals surface area (Å²) >= 11 is 5.22. The summed E-state index contributed by atoms with van der Waals surface area (Å²) in [4.78, 5) is 1.33. The fourth-order valence-electron chi connectivity index (χ4n) is 1.56. The van der Waals surface area contributed by atoms with Crippen LogP contribution in [0.2, 0.25) is 0 Å². The zero-order chi connectivity index (χ0) is 12.1. The van der Waals surface area contributed by atoms with Crippen molar-refractivity contribution in [1.29, 1.82) is 0 Å². The third-order valence-electron chi connectivity index (χ3n) is 2.45. The van der Waals surface area contributed by atoms with Crippen molar-refractivity contribution in [1.82, 2.24) is 5.32 Å². The van der Waals surface area contributed by atoms with Crippen molar-refractivity contribution in [2.24, 2.45) is 0 Å². The van der Waals surface area contributed by atoms with Gasteiger partial charge in [0.25, 0.3) is 0 Å². The van der Waals surface area contributed by atoms with Crippen molar-refractivity contribution in [3.8, 4) is 0 Å². The van der Waals surface area contributed by atoms with Crippen molar-refractivity contribution in [3.05, 3.63) is 63.3 Å². The lowest BCUT2D eigenvalue weighted by Gasteiger charge is -2.06.